The van der Waals surface area contributed by atoms with Gasteiger partial charge in [-0.2, -0.15) is 0 Å². The first-order chi connectivity index (χ1) is 18.7. The molecule has 1 saturated heterocycles. The van der Waals surface area contributed by atoms with Gasteiger partial charge in [-0.25, -0.2) is 0 Å². The van der Waals surface area contributed by atoms with Gasteiger partial charge in [-0.15, -0.1) is 0 Å². The van der Waals surface area contributed by atoms with Crippen molar-refractivity contribution in [1.29, 1.82) is 0 Å². The Balaban J connectivity index is 1.42. The van der Waals surface area contributed by atoms with Crippen molar-refractivity contribution in [2.75, 3.05) is 13.2 Å². The van der Waals surface area contributed by atoms with Crippen LogP contribution in [-0.2, 0) is 4.74 Å². The Hall–Kier alpha value is -3.00. The van der Waals surface area contributed by atoms with Crippen LogP contribution in [0.3, 0.4) is 0 Å². The molecule has 3 aromatic rings. The monoisotopic (exact) mass is 537 g/mol. The fraction of sp³-hybridized carbons (Fsp3) is 0.448. The third kappa shape index (κ3) is 5.28. The smallest absolute Gasteiger partial charge is 0.147 e. The molecule has 0 radical (unpaired) electrons. The summed E-state index contributed by atoms with van der Waals surface area (Å²) in [5.41, 5.74) is 3.02. The van der Waals surface area contributed by atoms with Gasteiger partial charge in [-0.05, 0) is 42.8 Å². The Morgan fingerprint density at radius 1 is 0.692 bits per heavy atom. The number of hydrogen-bond donors (Lipinski definition) is 9. The number of rotatable bonds is 2. The molecule has 2 fully saturated rings. The highest BCUT2D eigenvalue weighted by Crippen LogP contribution is 2.31. The molecule has 10 atom stereocenters. The van der Waals surface area contributed by atoms with Gasteiger partial charge >= 0.3 is 0 Å². The molecule has 1 aliphatic carbocycles. The zero-order valence-corrected chi connectivity index (χ0v) is 20.8. The van der Waals surface area contributed by atoms with Crippen LogP contribution >= 0.6 is 0 Å². The third-order valence-electron chi connectivity index (χ3n) is 7.64. The second kappa shape index (κ2) is 11.2. The number of aliphatic hydroxyl groups is 8. The normalized spacial score (nSPS) is 34.8. The van der Waals surface area contributed by atoms with E-state index in [4.69, 9.17) is 4.74 Å². The summed E-state index contributed by atoms with van der Waals surface area (Å²) in [6, 6.07) is 11.1. The van der Waals surface area contributed by atoms with Gasteiger partial charge in [0.2, 0.25) is 0 Å². The van der Waals surface area contributed by atoms with Crippen molar-refractivity contribution in [3.8, 4) is 23.7 Å². The summed E-state index contributed by atoms with van der Waals surface area (Å²) in [6.07, 6.45) is -10.1. The number of fused-ring (bicyclic) bond motifs is 3. The van der Waals surface area contributed by atoms with Crippen LogP contribution in [-0.4, -0.2) is 108 Å². The van der Waals surface area contributed by atoms with Gasteiger partial charge in [0.1, 0.15) is 36.6 Å². The standard InChI is InChI=1S/C29H31NO9/c31-12-17-11-16(24(33)28(37)25(17)34)5-1-14-2-6-20-18(9-14)19-10-15(3-7-21(19)30-20)4-8-22-26(35)29(38)27(36)23(13-32)39-22/h2-3,6-7,9-10,16-17,22-38H,11-13H2/t16-,17+,22+,23+,24+,25+,26+,27+,28+,29+/m0/s1. The minimum atomic E-state index is -1.50. The number of aromatic amines is 1. The molecule has 39 heavy (non-hydrogen) atoms. The average Bonchev–Trinajstić information content (AvgIpc) is 3.31. The van der Waals surface area contributed by atoms with E-state index in [2.05, 4.69) is 28.7 Å². The van der Waals surface area contributed by atoms with Crippen molar-refractivity contribution >= 4 is 21.8 Å². The van der Waals surface area contributed by atoms with Crippen LogP contribution in [0.4, 0.5) is 0 Å². The Morgan fingerprint density at radius 2 is 1.28 bits per heavy atom. The van der Waals surface area contributed by atoms with E-state index >= 15 is 0 Å². The van der Waals surface area contributed by atoms with Crippen molar-refractivity contribution in [3.05, 3.63) is 47.5 Å². The van der Waals surface area contributed by atoms with E-state index in [9.17, 15) is 40.9 Å². The fourth-order valence-electron chi connectivity index (χ4n) is 5.25. The highest BCUT2D eigenvalue weighted by atomic mass is 16.5. The lowest BCUT2D eigenvalue weighted by Crippen LogP contribution is -2.58. The van der Waals surface area contributed by atoms with Crippen molar-refractivity contribution in [2.45, 2.75) is 55.3 Å². The molecule has 0 amide bonds. The Bertz CT molecular complexity index is 1350. The second-order valence-corrected chi connectivity index (χ2v) is 10.2. The Morgan fingerprint density at radius 3 is 1.87 bits per heavy atom. The summed E-state index contributed by atoms with van der Waals surface area (Å²) in [4.78, 5) is 3.33. The molecule has 10 nitrogen and oxygen atoms in total. The maximum Gasteiger partial charge on any atom is 0.147 e. The summed E-state index contributed by atoms with van der Waals surface area (Å²) in [5, 5.41) is 81.3. The van der Waals surface area contributed by atoms with E-state index < -0.39 is 67.3 Å². The minimum Gasteiger partial charge on any atom is -0.396 e. The van der Waals surface area contributed by atoms with E-state index in [-0.39, 0.29) is 13.0 Å². The lowest BCUT2D eigenvalue weighted by molar-refractivity contribution is -0.214. The number of ether oxygens (including phenoxy) is 1. The van der Waals surface area contributed by atoms with Gasteiger partial charge in [0, 0.05) is 51.4 Å². The molecule has 10 heteroatoms. The molecule has 1 aromatic heterocycles. The van der Waals surface area contributed by atoms with Crippen molar-refractivity contribution < 1.29 is 45.6 Å². The number of H-pyrrole nitrogens is 1. The first-order valence-corrected chi connectivity index (χ1v) is 12.8. The van der Waals surface area contributed by atoms with Gasteiger partial charge in [-0.1, -0.05) is 23.7 Å². The average molecular weight is 538 g/mol. The molecule has 2 heterocycles. The zero-order valence-electron chi connectivity index (χ0n) is 20.8. The minimum absolute atomic E-state index is 0.259. The SMILES string of the molecule is OC[C@H]1C[C@H](C#Cc2ccc3[nH]c4ccc(C#C[C@H]5O[C@H](CO)[C@@H](O)[C@H](O)[C@@H]5O)cc4c3c2)[C@@H](O)[C@@H](O)[C@@H]1O. The molecule has 1 saturated carbocycles. The van der Waals surface area contributed by atoms with Crippen LogP contribution < -0.4 is 0 Å². The van der Waals surface area contributed by atoms with Crippen molar-refractivity contribution in [1.82, 2.24) is 4.98 Å². The maximum atomic E-state index is 10.4. The van der Waals surface area contributed by atoms with Crippen LogP contribution in [0.1, 0.15) is 17.5 Å². The topological polar surface area (TPSA) is 187 Å². The van der Waals surface area contributed by atoms with E-state index in [1.165, 1.54) is 0 Å². The van der Waals surface area contributed by atoms with Crippen LogP contribution in [0, 0.1) is 35.5 Å². The summed E-state index contributed by atoms with van der Waals surface area (Å²) in [7, 11) is 0. The third-order valence-corrected chi connectivity index (χ3v) is 7.64. The molecule has 0 bridgehead atoms. The molecule has 2 aliphatic rings. The lowest BCUT2D eigenvalue weighted by atomic mass is 9.76. The first-order valence-electron chi connectivity index (χ1n) is 12.8. The molecule has 0 unspecified atom stereocenters. The molecule has 5 rings (SSSR count). The second-order valence-electron chi connectivity index (χ2n) is 10.2. The predicted octanol–water partition coefficient (Wildman–Crippen LogP) is -1.42. The van der Waals surface area contributed by atoms with E-state index in [0.29, 0.717) is 11.1 Å². The highest BCUT2D eigenvalue weighted by Gasteiger charge is 2.43. The summed E-state index contributed by atoms with van der Waals surface area (Å²) >= 11 is 0. The Labute approximate surface area is 224 Å². The van der Waals surface area contributed by atoms with Gasteiger partial charge in [0.25, 0.3) is 0 Å². The highest BCUT2D eigenvalue weighted by molar-refractivity contribution is 6.08. The van der Waals surface area contributed by atoms with Gasteiger partial charge in [0.15, 0.2) is 0 Å². The zero-order chi connectivity index (χ0) is 27.8. The van der Waals surface area contributed by atoms with Gasteiger partial charge in [0.05, 0.1) is 18.8 Å². The number of hydrogen-bond acceptors (Lipinski definition) is 9. The van der Waals surface area contributed by atoms with E-state index in [1.807, 2.05) is 30.3 Å². The summed E-state index contributed by atoms with van der Waals surface area (Å²) < 4.78 is 5.46. The van der Waals surface area contributed by atoms with Crippen LogP contribution in [0.2, 0.25) is 0 Å². The summed E-state index contributed by atoms with van der Waals surface area (Å²) in [5.74, 6) is 10.6. The van der Waals surface area contributed by atoms with E-state index in [0.717, 1.165) is 21.8 Å². The maximum absolute atomic E-state index is 10.4. The van der Waals surface area contributed by atoms with Gasteiger partial charge < -0.3 is 50.6 Å². The molecule has 0 spiro atoms. The molecular formula is C29H31NO9. The predicted molar refractivity (Wildman–Crippen MR) is 140 cm³/mol. The number of aliphatic hydroxyl groups excluding tert-OH is 8. The first kappa shape index (κ1) is 27.6. The van der Waals surface area contributed by atoms with Crippen LogP contribution in [0.15, 0.2) is 36.4 Å². The van der Waals surface area contributed by atoms with Crippen LogP contribution in [0.25, 0.3) is 21.8 Å². The van der Waals surface area contributed by atoms with Crippen LogP contribution in [0.5, 0.6) is 0 Å². The Kier molecular flexibility index (Phi) is 7.94. The summed E-state index contributed by atoms with van der Waals surface area (Å²) in [6.45, 7) is -0.841. The largest absolute Gasteiger partial charge is 0.396 e. The lowest BCUT2D eigenvalue weighted by Gasteiger charge is -2.37. The number of aromatic nitrogens is 1. The van der Waals surface area contributed by atoms with E-state index in [1.54, 1.807) is 6.07 Å². The molecular weight excluding hydrogens is 506 g/mol. The van der Waals surface area contributed by atoms with Crippen molar-refractivity contribution in [3.63, 3.8) is 0 Å². The molecule has 2 aromatic carbocycles. The number of benzene rings is 2. The molecule has 206 valence electrons. The quantitative estimate of drug-likeness (QED) is 0.177. The number of nitrogens with one attached hydrogen (secondary N) is 1. The molecule has 9 N–H and O–H groups in total. The fourth-order valence-corrected chi connectivity index (χ4v) is 5.25. The van der Waals surface area contributed by atoms with Gasteiger partial charge in [-0.3, -0.25) is 0 Å². The van der Waals surface area contributed by atoms with Crippen molar-refractivity contribution in [2.24, 2.45) is 11.8 Å². The molecule has 1 aliphatic heterocycles.